The van der Waals surface area contributed by atoms with E-state index in [9.17, 15) is 0 Å². The molecule has 3 aromatic carbocycles. The number of hydrogen-bond acceptors (Lipinski definition) is 3. The van der Waals surface area contributed by atoms with Crippen LogP contribution in [0.25, 0.3) is 54.4 Å². The molecule has 2 nitrogen and oxygen atoms in total. The van der Waals surface area contributed by atoms with E-state index < -0.39 is 5.89 Å². The molecule has 35 heavy (non-hydrogen) atoms. The van der Waals surface area contributed by atoms with Crippen LogP contribution in [0.5, 0.6) is 0 Å². The maximum absolute atomic E-state index is 8.82. The van der Waals surface area contributed by atoms with Crippen molar-refractivity contribution in [1.82, 2.24) is 4.98 Å². The van der Waals surface area contributed by atoms with Gasteiger partial charge in [0.05, 0.1) is 5.69 Å². The summed E-state index contributed by atoms with van der Waals surface area (Å²) in [4.78, 5) is 6.21. The molecule has 0 radical (unpaired) electrons. The zero-order valence-corrected chi connectivity index (χ0v) is 21.9. The van der Waals surface area contributed by atoms with Gasteiger partial charge in [0.2, 0.25) is 0 Å². The van der Waals surface area contributed by atoms with Gasteiger partial charge in [-0.3, -0.25) is 4.98 Å². The smallest absolute Gasteiger partial charge is 0.144 e. The van der Waals surface area contributed by atoms with Crippen molar-refractivity contribution in [2.75, 3.05) is 0 Å². The van der Waals surface area contributed by atoms with E-state index in [2.05, 4.69) is 82.3 Å². The summed E-state index contributed by atoms with van der Waals surface area (Å²) in [7, 11) is 0. The summed E-state index contributed by atoms with van der Waals surface area (Å²) < 4.78 is 16.8. The number of rotatable bonds is 3. The first kappa shape index (κ1) is 20.9. The van der Waals surface area contributed by atoms with Crippen LogP contribution in [0.15, 0.2) is 65.2 Å². The van der Waals surface area contributed by atoms with Gasteiger partial charge in [0, 0.05) is 38.9 Å². The zero-order valence-electron chi connectivity index (χ0n) is 22.0. The molecular weight excluding hydrogens is 446 g/mol. The van der Waals surface area contributed by atoms with E-state index in [1.807, 2.05) is 31.4 Å². The van der Waals surface area contributed by atoms with Crippen molar-refractivity contribution >= 4 is 43.4 Å². The second-order valence-corrected chi connectivity index (χ2v) is 11.0. The minimum Gasteiger partial charge on any atom is -0.455 e. The van der Waals surface area contributed by atoms with Crippen molar-refractivity contribution in [3.63, 3.8) is 0 Å². The molecule has 3 heterocycles. The molecule has 174 valence electrons. The third kappa shape index (κ3) is 3.33. The van der Waals surface area contributed by atoms with Gasteiger partial charge in [-0.25, -0.2) is 0 Å². The van der Waals surface area contributed by atoms with Crippen molar-refractivity contribution in [3.8, 4) is 22.4 Å². The van der Waals surface area contributed by atoms with Crippen LogP contribution in [0, 0.1) is 27.7 Å². The molecule has 0 amide bonds. The Morgan fingerprint density at radius 2 is 1.57 bits per heavy atom. The molecule has 3 heteroatoms. The molecule has 6 rings (SSSR count). The number of fused-ring (bicyclic) bond motifs is 5. The van der Waals surface area contributed by atoms with E-state index in [-0.39, 0.29) is 0 Å². The number of furan rings is 1. The lowest BCUT2D eigenvalue weighted by atomic mass is 9.88. The number of hydrogen-bond donors (Lipinski definition) is 0. The standard InChI is InChI=1S/C32H29NOS/c1-17(2)26-16-33-27(15-25(26)29-18(3)9-7-10-19(29)4)24-12-8-11-22-23-13-14-28-30(20(5)21(6)35-28)32(23)34-31(22)24/h7-17H,1-6H3/i17D. The van der Waals surface area contributed by atoms with Gasteiger partial charge in [-0.2, -0.15) is 0 Å². The number of aromatic nitrogens is 1. The highest BCUT2D eigenvalue weighted by atomic mass is 32.1. The maximum Gasteiger partial charge on any atom is 0.144 e. The largest absolute Gasteiger partial charge is 0.455 e. The van der Waals surface area contributed by atoms with E-state index in [1.165, 1.54) is 37.2 Å². The van der Waals surface area contributed by atoms with E-state index in [0.29, 0.717) is 0 Å². The fraction of sp³-hybridized carbons (Fsp3) is 0.219. The Kier molecular flexibility index (Phi) is 4.82. The predicted octanol–water partition coefficient (Wildman–Crippen LogP) is 9.89. The Morgan fingerprint density at radius 1 is 0.857 bits per heavy atom. The van der Waals surface area contributed by atoms with Crippen LogP contribution >= 0.6 is 11.3 Å². The third-order valence-corrected chi connectivity index (χ3v) is 8.44. The quantitative estimate of drug-likeness (QED) is 0.254. The van der Waals surface area contributed by atoms with Gasteiger partial charge in [-0.15, -0.1) is 11.3 Å². The minimum absolute atomic E-state index is 0.777. The maximum atomic E-state index is 8.82. The van der Waals surface area contributed by atoms with E-state index in [1.54, 1.807) is 0 Å². The zero-order chi connectivity index (χ0) is 25.4. The molecule has 6 aromatic rings. The SMILES string of the molecule is [2H]C(C)(C)c1cnc(-c2cccc3c2oc2c3ccc3sc(C)c(C)c32)cc1-c1c(C)cccc1C. The van der Waals surface area contributed by atoms with Crippen LogP contribution in [0.4, 0.5) is 0 Å². The summed E-state index contributed by atoms with van der Waals surface area (Å²) in [5, 5.41) is 3.46. The summed E-state index contributed by atoms with van der Waals surface area (Å²) in [5.41, 5.74) is 10.5. The molecule has 0 aliphatic heterocycles. The van der Waals surface area contributed by atoms with E-state index >= 15 is 0 Å². The molecule has 0 N–H and O–H groups in total. The van der Waals surface area contributed by atoms with Crippen molar-refractivity contribution in [1.29, 1.82) is 0 Å². The summed E-state index contributed by atoms with van der Waals surface area (Å²) in [6.07, 6.45) is 1.88. The topological polar surface area (TPSA) is 26.0 Å². The van der Waals surface area contributed by atoms with Crippen LogP contribution in [-0.2, 0) is 0 Å². The average Bonchev–Trinajstić information content (AvgIpc) is 3.35. The minimum atomic E-state index is -0.777. The lowest BCUT2D eigenvalue weighted by Gasteiger charge is -2.18. The molecule has 0 fully saturated rings. The molecular formula is C32H29NOS. The van der Waals surface area contributed by atoms with Gasteiger partial charge in [0.15, 0.2) is 0 Å². The summed E-state index contributed by atoms with van der Waals surface area (Å²) in [6.45, 7) is 12.5. The molecule has 0 saturated heterocycles. The Hall–Kier alpha value is -3.43. The number of thiophene rings is 1. The van der Waals surface area contributed by atoms with Gasteiger partial charge in [0.25, 0.3) is 0 Å². The van der Waals surface area contributed by atoms with E-state index in [4.69, 9.17) is 10.8 Å². The number of para-hydroxylation sites is 1. The second kappa shape index (κ2) is 8.07. The Labute approximate surface area is 211 Å². The molecule has 0 unspecified atom stereocenters. The summed E-state index contributed by atoms with van der Waals surface area (Å²) in [6, 6.07) is 19.2. The molecule has 3 aromatic heterocycles. The predicted molar refractivity (Wildman–Crippen MR) is 151 cm³/mol. The normalized spacial score (nSPS) is 12.7. The van der Waals surface area contributed by atoms with Crippen LogP contribution in [0.3, 0.4) is 0 Å². The number of aryl methyl sites for hydroxylation is 4. The first-order chi connectivity index (χ1) is 17.1. The molecule has 0 aliphatic carbocycles. The number of nitrogens with zero attached hydrogens (tertiary/aromatic N) is 1. The fourth-order valence-corrected chi connectivity index (χ4v) is 6.42. The number of pyridine rings is 1. The Bertz CT molecular complexity index is 1800. The van der Waals surface area contributed by atoms with Crippen molar-refractivity contribution in [2.24, 2.45) is 0 Å². The molecule has 0 saturated carbocycles. The molecule has 0 spiro atoms. The van der Waals surface area contributed by atoms with Crippen LogP contribution < -0.4 is 0 Å². The van der Waals surface area contributed by atoms with Crippen LogP contribution in [-0.4, -0.2) is 4.98 Å². The summed E-state index contributed by atoms with van der Waals surface area (Å²) in [5.74, 6) is -0.777. The molecule has 0 bridgehead atoms. The fourth-order valence-electron chi connectivity index (χ4n) is 5.35. The van der Waals surface area contributed by atoms with Gasteiger partial charge in [0.1, 0.15) is 11.2 Å². The highest BCUT2D eigenvalue weighted by Gasteiger charge is 2.20. The van der Waals surface area contributed by atoms with Gasteiger partial charge >= 0.3 is 0 Å². The summed E-state index contributed by atoms with van der Waals surface area (Å²) >= 11 is 1.82. The third-order valence-electron chi connectivity index (χ3n) is 7.26. The van der Waals surface area contributed by atoms with Crippen LogP contribution in [0.1, 0.15) is 48.2 Å². The highest BCUT2D eigenvalue weighted by Crippen LogP contribution is 2.43. The second-order valence-electron chi connectivity index (χ2n) is 9.76. The van der Waals surface area contributed by atoms with Gasteiger partial charge < -0.3 is 4.42 Å². The molecule has 0 atom stereocenters. The lowest BCUT2D eigenvalue weighted by molar-refractivity contribution is 0.673. The first-order valence-electron chi connectivity index (χ1n) is 12.6. The highest BCUT2D eigenvalue weighted by molar-refractivity contribution is 7.19. The van der Waals surface area contributed by atoms with Crippen molar-refractivity contribution in [2.45, 2.75) is 47.4 Å². The Morgan fingerprint density at radius 3 is 2.31 bits per heavy atom. The monoisotopic (exact) mass is 476 g/mol. The van der Waals surface area contributed by atoms with E-state index in [0.717, 1.165) is 44.3 Å². The number of benzene rings is 3. The van der Waals surface area contributed by atoms with Gasteiger partial charge in [-0.05, 0) is 91.2 Å². The average molecular weight is 477 g/mol. The molecule has 0 aliphatic rings. The van der Waals surface area contributed by atoms with Gasteiger partial charge in [-0.1, -0.05) is 44.2 Å². The van der Waals surface area contributed by atoms with Crippen molar-refractivity contribution in [3.05, 3.63) is 87.9 Å². The lowest BCUT2D eigenvalue weighted by Crippen LogP contribution is -1.99. The Balaban J connectivity index is 1.66. The first-order valence-corrected chi connectivity index (χ1v) is 12.9. The van der Waals surface area contributed by atoms with Crippen LogP contribution in [0.2, 0.25) is 0 Å². The van der Waals surface area contributed by atoms with Crippen molar-refractivity contribution < 1.29 is 5.79 Å².